The topological polar surface area (TPSA) is 81.8 Å². The Morgan fingerprint density at radius 1 is 1.13 bits per heavy atom. The first kappa shape index (κ1) is 23.0. The lowest BCUT2D eigenvalue weighted by Crippen LogP contribution is -2.57. The van der Waals surface area contributed by atoms with Gasteiger partial charge in [-0.3, -0.25) is 9.69 Å². The SMILES string of the molecule is CCCC(NS(=O)(=O)C1CCCCC1)N1CCN(c2cccc(NC(C)=O)c2)CC1. The Morgan fingerprint density at radius 3 is 2.47 bits per heavy atom. The van der Waals surface area contributed by atoms with Crippen molar-refractivity contribution in [2.24, 2.45) is 0 Å². The van der Waals surface area contributed by atoms with Gasteiger partial charge < -0.3 is 10.2 Å². The van der Waals surface area contributed by atoms with Crippen LogP contribution in [-0.4, -0.2) is 56.8 Å². The normalized spacial score (nSPS) is 20.1. The zero-order chi connectivity index (χ0) is 21.6. The van der Waals surface area contributed by atoms with Gasteiger partial charge in [0.1, 0.15) is 0 Å². The van der Waals surface area contributed by atoms with Crippen molar-refractivity contribution in [1.29, 1.82) is 0 Å². The summed E-state index contributed by atoms with van der Waals surface area (Å²) in [4.78, 5) is 15.9. The van der Waals surface area contributed by atoms with E-state index >= 15 is 0 Å². The number of hydrogen-bond acceptors (Lipinski definition) is 5. The number of carbonyl (C=O) groups is 1. The van der Waals surface area contributed by atoms with Gasteiger partial charge in [-0.15, -0.1) is 0 Å². The molecule has 1 atom stereocenters. The number of nitrogens with zero attached hydrogens (tertiary/aromatic N) is 2. The second-order valence-electron chi connectivity index (χ2n) is 8.48. The van der Waals surface area contributed by atoms with Gasteiger partial charge in [0.05, 0.1) is 11.4 Å². The molecule has 1 saturated heterocycles. The lowest BCUT2D eigenvalue weighted by atomic mass is 10.0. The van der Waals surface area contributed by atoms with Gasteiger partial charge in [-0.05, 0) is 37.5 Å². The van der Waals surface area contributed by atoms with Crippen molar-refractivity contribution in [3.8, 4) is 0 Å². The largest absolute Gasteiger partial charge is 0.369 e. The van der Waals surface area contributed by atoms with Crippen LogP contribution < -0.4 is 14.9 Å². The van der Waals surface area contributed by atoms with Gasteiger partial charge in [-0.2, -0.15) is 4.72 Å². The molecule has 1 aliphatic carbocycles. The van der Waals surface area contributed by atoms with E-state index in [1.807, 2.05) is 18.2 Å². The fraction of sp³-hybridized carbons (Fsp3) is 0.682. The molecule has 168 valence electrons. The molecule has 0 radical (unpaired) electrons. The van der Waals surface area contributed by atoms with Crippen LogP contribution in [0.1, 0.15) is 58.8 Å². The van der Waals surface area contributed by atoms with Crippen molar-refractivity contribution in [2.45, 2.75) is 70.2 Å². The summed E-state index contributed by atoms with van der Waals surface area (Å²) in [6.45, 7) is 6.88. The van der Waals surface area contributed by atoms with Crippen LogP contribution in [0.2, 0.25) is 0 Å². The molecule has 0 bridgehead atoms. The molecule has 2 fully saturated rings. The molecule has 0 aromatic heterocycles. The van der Waals surface area contributed by atoms with Crippen molar-refractivity contribution >= 4 is 27.3 Å². The molecule has 2 N–H and O–H groups in total. The summed E-state index contributed by atoms with van der Waals surface area (Å²) >= 11 is 0. The highest BCUT2D eigenvalue weighted by Gasteiger charge is 2.32. The van der Waals surface area contributed by atoms with E-state index in [9.17, 15) is 13.2 Å². The van der Waals surface area contributed by atoms with Crippen LogP contribution in [-0.2, 0) is 14.8 Å². The Morgan fingerprint density at radius 2 is 1.83 bits per heavy atom. The highest BCUT2D eigenvalue weighted by molar-refractivity contribution is 7.90. The van der Waals surface area contributed by atoms with E-state index in [-0.39, 0.29) is 17.3 Å². The fourth-order valence-corrected chi connectivity index (χ4v) is 6.32. The molecule has 1 aliphatic heterocycles. The lowest BCUT2D eigenvalue weighted by Gasteiger charge is -2.41. The first-order valence-corrected chi connectivity index (χ1v) is 12.8. The van der Waals surface area contributed by atoms with Gasteiger partial charge in [0, 0.05) is 44.5 Å². The predicted octanol–water partition coefficient (Wildman–Crippen LogP) is 3.15. The molecule has 1 unspecified atom stereocenters. The summed E-state index contributed by atoms with van der Waals surface area (Å²) in [6, 6.07) is 7.88. The van der Waals surface area contributed by atoms with E-state index < -0.39 is 10.0 Å². The third-order valence-corrected chi connectivity index (χ3v) is 8.09. The molecular formula is C22H36N4O3S. The van der Waals surface area contributed by atoms with Gasteiger partial charge >= 0.3 is 0 Å². The first-order valence-electron chi connectivity index (χ1n) is 11.3. The van der Waals surface area contributed by atoms with E-state index in [2.05, 4.69) is 32.8 Å². The standard InChI is InChI=1S/C22H36N4O3S/c1-3-8-22(24-30(28,29)21-11-5-4-6-12-21)26-15-13-25(14-16-26)20-10-7-9-19(17-20)23-18(2)27/h7,9-10,17,21-22,24H,3-6,8,11-16H2,1-2H3,(H,23,27). The summed E-state index contributed by atoms with van der Waals surface area (Å²) in [5.41, 5.74) is 1.88. The molecule has 8 heteroatoms. The molecule has 1 aromatic rings. The Labute approximate surface area is 181 Å². The van der Waals surface area contributed by atoms with Crippen LogP contribution in [0.5, 0.6) is 0 Å². The third-order valence-electron chi connectivity index (χ3n) is 6.14. The van der Waals surface area contributed by atoms with Crippen LogP contribution in [0.15, 0.2) is 24.3 Å². The summed E-state index contributed by atoms with van der Waals surface area (Å²) < 4.78 is 28.9. The van der Waals surface area contributed by atoms with E-state index in [0.29, 0.717) is 0 Å². The van der Waals surface area contributed by atoms with Gasteiger partial charge in [-0.25, -0.2) is 8.42 Å². The maximum Gasteiger partial charge on any atom is 0.221 e. The molecule has 1 saturated carbocycles. The average molecular weight is 437 g/mol. The molecule has 2 aliphatic rings. The number of amides is 1. The molecule has 1 aromatic carbocycles. The number of nitrogens with one attached hydrogen (secondary N) is 2. The van der Waals surface area contributed by atoms with Crippen molar-refractivity contribution in [2.75, 3.05) is 36.4 Å². The minimum Gasteiger partial charge on any atom is -0.369 e. The average Bonchev–Trinajstić information content (AvgIpc) is 2.74. The first-order chi connectivity index (χ1) is 14.4. The van der Waals surface area contributed by atoms with Crippen molar-refractivity contribution in [3.63, 3.8) is 0 Å². The molecule has 3 rings (SSSR count). The van der Waals surface area contributed by atoms with Crippen molar-refractivity contribution in [1.82, 2.24) is 9.62 Å². The Bertz CT molecular complexity index is 800. The number of anilines is 2. The van der Waals surface area contributed by atoms with Crippen LogP contribution in [0, 0.1) is 0 Å². The molecular weight excluding hydrogens is 400 g/mol. The fourth-order valence-electron chi connectivity index (χ4n) is 4.53. The smallest absolute Gasteiger partial charge is 0.221 e. The molecule has 1 heterocycles. The molecule has 7 nitrogen and oxygen atoms in total. The monoisotopic (exact) mass is 436 g/mol. The number of piperazine rings is 1. The Kier molecular flexibility index (Phi) is 8.13. The molecule has 0 spiro atoms. The van der Waals surface area contributed by atoms with Gasteiger partial charge in [0.2, 0.25) is 15.9 Å². The highest BCUT2D eigenvalue weighted by Crippen LogP contribution is 2.25. The van der Waals surface area contributed by atoms with Gasteiger partial charge in [0.25, 0.3) is 0 Å². The van der Waals surface area contributed by atoms with E-state index in [4.69, 9.17) is 0 Å². The van der Waals surface area contributed by atoms with Gasteiger partial charge in [0.15, 0.2) is 0 Å². The van der Waals surface area contributed by atoms with Crippen LogP contribution in [0.3, 0.4) is 0 Å². The predicted molar refractivity (Wildman–Crippen MR) is 122 cm³/mol. The summed E-state index contributed by atoms with van der Waals surface area (Å²) in [5.74, 6) is -0.0790. The number of sulfonamides is 1. The second-order valence-corrected chi connectivity index (χ2v) is 10.5. The Balaban J connectivity index is 1.60. The lowest BCUT2D eigenvalue weighted by molar-refractivity contribution is -0.114. The maximum absolute atomic E-state index is 12.9. The number of rotatable bonds is 8. The summed E-state index contributed by atoms with van der Waals surface area (Å²) in [7, 11) is -3.28. The summed E-state index contributed by atoms with van der Waals surface area (Å²) in [6.07, 6.45) is 6.38. The summed E-state index contributed by atoms with van der Waals surface area (Å²) in [5, 5.41) is 2.60. The number of hydrogen-bond donors (Lipinski definition) is 2. The van der Waals surface area contributed by atoms with E-state index in [1.54, 1.807) is 0 Å². The minimum atomic E-state index is -3.28. The van der Waals surface area contributed by atoms with Gasteiger partial charge in [-0.1, -0.05) is 38.7 Å². The molecule has 1 amide bonds. The van der Waals surface area contributed by atoms with Crippen LogP contribution in [0.4, 0.5) is 11.4 Å². The number of benzene rings is 1. The van der Waals surface area contributed by atoms with Crippen molar-refractivity contribution < 1.29 is 13.2 Å². The van der Waals surface area contributed by atoms with E-state index in [0.717, 1.165) is 82.5 Å². The zero-order valence-corrected chi connectivity index (χ0v) is 19.1. The highest BCUT2D eigenvalue weighted by atomic mass is 32.2. The zero-order valence-electron chi connectivity index (χ0n) is 18.3. The maximum atomic E-state index is 12.9. The quantitative estimate of drug-likeness (QED) is 0.654. The van der Waals surface area contributed by atoms with E-state index in [1.165, 1.54) is 6.92 Å². The van der Waals surface area contributed by atoms with Crippen LogP contribution >= 0.6 is 0 Å². The van der Waals surface area contributed by atoms with Crippen LogP contribution in [0.25, 0.3) is 0 Å². The minimum absolute atomic E-state index is 0.0790. The molecule has 30 heavy (non-hydrogen) atoms. The third kappa shape index (κ3) is 6.18. The Hall–Kier alpha value is -1.64. The van der Waals surface area contributed by atoms with Crippen molar-refractivity contribution in [3.05, 3.63) is 24.3 Å². The number of carbonyl (C=O) groups excluding carboxylic acids is 1. The second kappa shape index (κ2) is 10.6.